The Bertz CT molecular complexity index is 381. The SMILES string of the molecule is Cc1ccc(OCCCN2CCCNC(CO)C2)cc1. The Labute approximate surface area is 121 Å². The summed E-state index contributed by atoms with van der Waals surface area (Å²) >= 11 is 0. The van der Waals surface area contributed by atoms with Crippen molar-refractivity contribution in [1.82, 2.24) is 10.2 Å². The molecule has 20 heavy (non-hydrogen) atoms. The van der Waals surface area contributed by atoms with Gasteiger partial charge >= 0.3 is 0 Å². The molecule has 0 saturated carbocycles. The van der Waals surface area contributed by atoms with Crippen LogP contribution in [-0.4, -0.2) is 55.4 Å². The Balaban J connectivity index is 1.65. The molecule has 4 heteroatoms. The molecular formula is C16H26N2O2. The third-order valence-electron chi connectivity index (χ3n) is 3.69. The Hall–Kier alpha value is -1.10. The zero-order valence-electron chi connectivity index (χ0n) is 12.3. The van der Waals surface area contributed by atoms with Crippen LogP contribution in [0.2, 0.25) is 0 Å². The molecular weight excluding hydrogens is 252 g/mol. The van der Waals surface area contributed by atoms with E-state index in [1.807, 2.05) is 12.1 Å². The van der Waals surface area contributed by atoms with E-state index in [2.05, 4.69) is 29.3 Å². The highest BCUT2D eigenvalue weighted by Gasteiger charge is 2.16. The molecule has 1 aromatic rings. The maximum atomic E-state index is 9.26. The lowest BCUT2D eigenvalue weighted by atomic mass is 10.2. The van der Waals surface area contributed by atoms with Crippen LogP contribution in [0.1, 0.15) is 18.4 Å². The molecule has 2 N–H and O–H groups in total. The van der Waals surface area contributed by atoms with Gasteiger partial charge in [0.1, 0.15) is 5.75 Å². The largest absolute Gasteiger partial charge is 0.494 e. The fourth-order valence-electron chi connectivity index (χ4n) is 2.51. The first-order valence-electron chi connectivity index (χ1n) is 7.54. The number of aliphatic hydroxyl groups excluding tert-OH is 1. The van der Waals surface area contributed by atoms with Crippen molar-refractivity contribution in [3.05, 3.63) is 29.8 Å². The van der Waals surface area contributed by atoms with Gasteiger partial charge in [0, 0.05) is 19.1 Å². The van der Waals surface area contributed by atoms with Gasteiger partial charge in [-0.25, -0.2) is 0 Å². The summed E-state index contributed by atoms with van der Waals surface area (Å²) in [7, 11) is 0. The molecule has 0 amide bonds. The van der Waals surface area contributed by atoms with Gasteiger partial charge in [0.15, 0.2) is 0 Å². The number of benzene rings is 1. The van der Waals surface area contributed by atoms with E-state index in [1.54, 1.807) is 0 Å². The van der Waals surface area contributed by atoms with Crippen LogP contribution in [0.15, 0.2) is 24.3 Å². The second-order valence-electron chi connectivity index (χ2n) is 5.50. The lowest BCUT2D eigenvalue weighted by Gasteiger charge is -2.23. The van der Waals surface area contributed by atoms with Crippen molar-refractivity contribution < 1.29 is 9.84 Å². The van der Waals surface area contributed by atoms with Crippen molar-refractivity contribution in [3.63, 3.8) is 0 Å². The minimum absolute atomic E-state index is 0.218. The maximum Gasteiger partial charge on any atom is 0.119 e. The molecule has 1 unspecified atom stereocenters. The summed E-state index contributed by atoms with van der Waals surface area (Å²) in [5.41, 5.74) is 1.25. The Morgan fingerprint density at radius 1 is 1.35 bits per heavy atom. The minimum Gasteiger partial charge on any atom is -0.494 e. The van der Waals surface area contributed by atoms with Crippen molar-refractivity contribution in [1.29, 1.82) is 0 Å². The summed E-state index contributed by atoms with van der Waals surface area (Å²) in [4.78, 5) is 2.42. The quantitative estimate of drug-likeness (QED) is 0.773. The molecule has 0 spiro atoms. The van der Waals surface area contributed by atoms with Crippen LogP contribution in [0.25, 0.3) is 0 Å². The van der Waals surface area contributed by atoms with Gasteiger partial charge in [0.2, 0.25) is 0 Å². The van der Waals surface area contributed by atoms with E-state index in [9.17, 15) is 5.11 Å². The minimum atomic E-state index is 0.218. The van der Waals surface area contributed by atoms with Gasteiger partial charge in [0.05, 0.1) is 13.2 Å². The Kier molecular flexibility index (Phi) is 6.30. The monoisotopic (exact) mass is 278 g/mol. The number of ether oxygens (including phenoxy) is 1. The number of nitrogens with zero attached hydrogens (tertiary/aromatic N) is 1. The van der Waals surface area contributed by atoms with Gasteiger partial charge in [-0.15, -0.1) is 0 Å². The zero-order chi connectivity index (χ0) is 14.2. The van der Waals surface area contributed by atoms with Gasteiger partial charge in [0.25, 0.3) is 0 Å². The Morgan fingerprint density at radius 2 is 2.15 bits per heavy atom. The standard InChI is InChI=1S/C16H26N2O2/c1-14-4-6-16(7-5-14)20-11-3-10-18-9-2-8-17-15(12-18)13-19/h4-7,15,17,19H,2-3,8-13H2,1H3. The van der Waals surface area contributed by atoms with Crippen LogP contribution in [0.5, 0.6) is 5.75 Å². The second kappa shape index (κ2) is 8.25. The summed E-state index contributed by atoms with van der Waals surface area (Å²) in [6.45, 7) is 7.11. The molecule has 1 aliphatic heterocycles. The summed E-state index contributed by atoms with van der Waals surface area (Å²) in [5, 5.41) is 12.6. The zero-order valence-corrected chi connectivity index (χ0v) is 12.3. The molecule has 2 rings (SSSR count). The van der Waals surface area contributed by atoms with E-state index >= 15 is 0 Å². The van der Waals surface area contributed by atoms with Crippen molar-refractivity contribution in [2.75, 3.05) is 39.4 Å². The first kappa shape index (κ1) is 15.3. The summed E-state index contributed by atoms with van der Waals surface area (Å²) in [6, 6.07) is 8.40. The predicted octanol–water partition coefficient (Wildman–Crippen LogP) is 1.42. The second-order valence-corrected chi connectivity index (χ2v) is 5.50. The van der Waals surface area contributed by atoms with E-state index in [-0.39, 0.29) is 12.6 Å². The number of aliphatic hydroxyl groups is 1. The summed E-state index contributed by atoms with van der Waals surface area (Å²) in [6.07, 6.45) is 2.17. The lowest BCUT2D eigenvalue weighted by Crippen LogP contribution is -2.40. The highest BCUT2D eigenvalue weighted by molar-refractivity contribution is 5.26. The normalized spacial score (nSPS) is 20.6. The predicted molar refractivity (Wildman–Crippen MR) is 81.2 cm³/mol. The van der Waals surface area contributed by atoms with Crippen LogP contribution < -0.4 is 10.1 Å². The van der Waals surface area contributed by atoms with Gasteiger partial charge in [-0.3, -0.25) is 0 Å². The van der Waals surface area contributed by atoms with E-state index in [0.29, 0.717) is 0 Å². The van der Waals surface area contributed by atoms with Gasteiger partial charge in [-0.1, -0.05) is 17.7 Å². The number of rotatable bonds is 6. The number of aryl methyl sites for hydroxylation is 1. The van der Waals surface area contributed by atoms with E-state index in [4.69, 9.17) is 4.74 Å². The van der Waals surface area contributed by atoms with E-state index in [0.717, 1.165) is 51.4 Å². The van der Waals surface area contributed by atoms with Gasteiger partial charge in [-0.05, 0) is 45.0 Å². The van der Waals surface area contributed by atoms with Crippen LogP contribution in [0.4, 0.5) is 0 Å². The molecule has 1 heterocycles. The molecule has 0 radical (unpaired) electrons. The van der Waals surface area contributed by atoms with Crippen LogP contribution in [-0.2, 0) is 0 Å². The molecule has 1 saturated heterocycles. The summed E-state index contributed by atoms with van der Waals surface area (Å²) < 4.78 is 5.74. The van der Waals surface area contributed by atoms with Crippen LogP contribution >= 0.6 is 0 Å². The molecule has 0 aliphatic carbocycles. The fourth-order valence-corrected chi connectivity index (χ4v) is 2.51. The topological polar surface area (TPSA) is 44.7 Å². The smallest absolute Gasteiger partial charge is 0.119 e. The first-order chi connectivity index (χ1) is 9.78. The average molecular weight is 278 g/mol. The number of hydrogen-bond acceptors (Lipinski definition) is 4. The third kappa shape index (κ3) is 5.12. The molecule has 1 aromatic carbocycles. The number of hydrogen-bond donors (Lipinski definition) is 2. The van der Waals surface area contributed by atoms with Crippen molar-refractivity contribution >= 4 is 0 Å². The number of nitrogens with one attached hydrogen (secondary N) is 1. The fraction of sp³-hybridized carbons (Fsp3) is 0.625. The van der Waals surface area contributed by atoms with E-state index < -0.39 is 0 Å². The molecule has 0 bridgehead atoms. The maximum absolute atomic E-state index is 9.26. The molecule has 4 nitrogen and oxygen atoms in total. The molecule has 112 valence electrons. The molecule has 1 atom stereocenters. The first-order valence-corrected chi connectivity index (χ1v) is 7.54. The molecule has 0 aromatic heterocycles. The van der Waals surface area contributed by atoms with Crippen LogP contribution in [0, 0.1) is 6.92 Å². The highest BCUT2D eigenvalue weighted by Crippen LogP contribution is 2.11. The summed E-state index contributed by atoms with van der Waals surface area (Å²) in [5.74, 6) is 0.946. The molecule has 1 aliphatic rings. The van der Waals surface area contributed by atoms with Crippen molar-refractivity contribution in [2.45, 2.75) is 25.8 Å². The average Bonchev–Trinajstić information content (AvgIpc) is 2.70. The van der Waals surface area contributed by atoms with Gasteiger partial charge in [-0.2, -0.15) is 0 Å². The van der Waals surface area contributed by atoms with Crippen LogP contribution in [0.3, 0.4) is 0 Å². The Morgan fingerprint density at radius 3 is 2.90 bits per heavy atom. The third-order valence-corrected chi connectivity index (χ3v) is 3.69. The van der Waals surface area contributed by atoms with E-state index in [1.165, 1.54) is 5.56 Å². The van der Waals surface area contributed by atoms with Gasteiger partial charge < -0.3 is 20.1 Å². The highest BCUT2D eigenvalue weighted by atomic mass is 16.5. The van der Waals surface area contributed by atoms with Crippen molar-refractivity contribution in [3.8, 4) is 5.75 Å². The van der Waals surface area contributed by atoms with Crippen molar-refractivity contribution in [2.24, 2.45) is 0 Å². The lowest BCUT2D eigenvalue weighted by molar-refractivity contribution is 0.190. The molecule has 1 fully saturated rings.